The lowest BCUT2D eigenvalue weighted by Crippen LogP contribution is -2.20. The molecule has 0 bridgehead atoms. The Bertz CT molecular complexity index is 552. The number of carbonyl (C=O) groups excluding carboxylic acids is 1. The highest BCUT2D eigenvalue weighted by Crippen LogP contribution is 2.24. The van der Waals surface area contributed by atoms with Crippen LogP contribution in [0.5, 0.6) is 0 Å². The third-order valence-electron chi connectivity index (χ3n) is 2.59. The molecule has 20 heavy (non-hydrogen) atoms. The van der Waals surface area contributed by atoms with Crippen LogP contribution in [0.3, 0.4) is 0 Å². The topological polar surface area (TPSA) is 63.6 Å². The minimum absolute atomic E-state index is 0.278. The molecule has 0 amide bonds. The third kappa shape index (κ3) is 4.54. The number of esters is 1. The van der Waals surface area contributed by atoms with Crippen molar-refractivity contribution in [1.82, 2.24) is 0 Å². The molecule has 0 radical (unpaired) electrons. The summed E-state index contributed by atoms with van der Waals surface area (Å²) in [6.07, 6.45) is 1.46. The lowest BCUT2D eigenvalue weighted by Gasteiger charge is -2.11. The van der Waals surface area contributed by atoms with E-state index < -0.39 is 17.5 Å². The standard InChI is InChI=1S/C14H14Cl2O4/c1-3-8(2)20-14(19)10(13(17)18)6-9-4-5-11(15)12(16)7-9/h4-8H,3H2,1-2H3,(H,17,18). The van der Waals surface area contributed by atoms with E-state index in [0.717, 1.165) is 0 Å². The van der Waals surface area contributed by atoms with Crippen molar-refractivity contribution in [3.8, 4) is 0 Å². The van der Waals surface area contributed by atoms with E-state index >= 15 is 0 Å². The smallest absolute Gasteiger partial charge is 0.345 e. The minimum atomic E-state index is -1.36. The van der Waals surface area contributed by atoms with Gasteiger partial charge in [0.15, 0.2) is 0 Å². The van der Waals surface area contributed by atoms with Gasteiger partial charge < -0.3 is 9.84 Å². The van der Waals surface area contributed by atoms with Crippen molar-refractivity contribution in [2.75, 3.05) is 0 Å². The van der Waals surface area contributed by atoms with Crippen LogP contribution in [0.4, 0.5) is 0 Å². The normalized spacial score (nSPS) is 12.9. The monoisotopic (exact) mass is 316 g/mol. The Morgan fingerprint density at radius 2 is 2.00 bits per heavy atom. The zero-order valence-corrected chi connectivity index (χ0v) is 12.5. The largest absolute Gasteiger partial charge is 0.477 e. The number of ether oxygens (including phenoxy) is 1. The maximum atomic E-state index is 11.8. The summed E-state index contributed by atoms with van der Waals surface area (Å²) < 4.78 is 5.00. The first-order valence-electron chi connectivity index (χ1n) is 5.96. The van der Waals surface area contributed by atoms with E-state index in [-0.39, 0.29) is 11.1 Å². The van der Waals surface area contributed by atoms with Gasteiger partial charge in [-0.1, -0.05) is 36.2 Å². The lowest BCUT2D eigenvalue weighted by molar-refractivity contribution is -0.147. The van der Waals surface area contributed by atoms with E-state index in [1.165, 1.54) is 18.2 Å². The fraction of sp³-hybridized carbons (Fsp3) is 0.286. The molecule has 108 valence electrons. The zero-order chi connectivity index (χ0) is 15.3. The maximum Gasteiger partial charge on any atom is 0.345 e. The molecule has 1 atom stereocenters. The molecule has 0 saturated carbocycles. The predicted octanol–water partition coefficient (Wildman–Crippen LogP) is 3.80. The number of carboxylic acid groups (broad SMARTS) is 1. The molecule has 6 heteroatoms. The van der Waals surface area contributed by atoms with Crippen LogP contribution in [-0.2, 0) is 14.3 Å². The highest BCUT2D eigenvalue weighted by atomic mass is 35.5. The van der Waals surface area contributed by atoms with Gasteiger partial charge in [-0.05, 0) is 37.1 Å². The number of rotatable bonds is 5. The molecule has 0 spiro atoms. The first-order chi connectivity index (χ1) is 9.35. The van der Waals surface area contributed by atoms with Crippen LogP contribution in [0, 0.1) is 0 Å². The fourth-order valence-corrected chi connectivity index (χ4v) is 1.61. The van der Waals surface area contributed by atoms with E-state index in [1.54, 1.807) is 13.0 Å². The quantitative estimate of drug-likeness (QED) is 0.388. The molecule has 1 N–H and O–H groups in total. The summed E-state index contributed by atoms with van der Waals surface area (Å²) in [5.41, 5.74) is 0.00147. The Morgan fingerprint density at radius 1 is 1.35 bits per heavy atom. The summed E-state index contributed by atoms with van der Waals surface area (Å²) in [4.78, 5) is 22.9. The van der Waals surface area contributed by atoms with Gasteiger partial charge in [-0.25, -0.2) is 9.59 Å². The maximum absolute atomic E-state index is 11.8. The first-order valence-corrected chi connectivity index (χ1v) is 6.71. The van der Waals surface area contributed by atoms with E-state index in [9.17, 15) is 9.59 Å². The number of hydrogen-bond acceptors (Lipinski definition) is 3. The summed E-state index contributed by atoms with van der Waals surface area (Å²) in [6.45, 7) is 3.53. The summed E-state index contributed by atoms with van der Waals surface area (Å²) >= 11 is 11.6. The SMILES string of the molecule is CCC(C)OC(=O)C(=Cc1ccc(Cl)c(Cl)c1)C(=O)O. The third-order valence-corrected chi connectivity index (χ3v) is 3.33. The summed E-state index contributed by atoms with van der Waals surface area (Å²) in [5, 5.41) is 9.71. The van der Waals surface area contributed by atoms with E-state index in [4.69, 9.17) is 33.0 Å². The summed E-state index contributed by atoms with van der Waals surface area (Å²) in [7, 11) is 0. The van der Waals surface area contributed by atoms with Gasteiger partial charge in [0.1, 0.15) is 5.57 Å². The second-order valence-electron chi connectivity index (χ2n) is 4.16. The Hall–Kier alpha value is -1.52. The van der Waals surface area contributed by atoms with E-state index in [1.807, 2.05) is 6.92 Å². The number of hydrogen-bond donors (Lipinski definition) is 1. The Balaban J connectivity index is 3.06. The molecule has 1 aromatic rings. The molecule has 0 aromatic heterocycles. The second-order valence-corrected chi connectivity index (χ2v) is 4.98. The molecule has 1 unspecified atom stereocenters. The van der Waals surface area contributed by atoms with Gasteiger partial charge >= 0.3 is 11.9 Å². The number of benzene rings is 1. The number of aliphatic carboxylic acids is 1. The van der Waals surface area contributed by atoms with Gasteiger partial charge in [0.05, 0.1) is 16.1 Å². The van der Waals surface area contributed by atoms with Gasteiger partial charge in [0, 0.05) is 0 Å². The molecular weight excluding hydrogens is 303 g/mol. The van der Waals surface area contributed by atoms with Gasteiger partial charge in [-0.3, -0.25) is 0 Å². The molecule has 1 aromatic carbocycles. The molecule has 0 fully saturated rings. The molecule has 0 aliphatic heterocycles. The Morgan fingerprint density at radius 3 is 2.50 bits per heavy atom. The lowest BCUT2D eigenvalue weighted by atomic mass is 10.1. The van der Waals surface area contributed by atoms with Crippen molar-refractivity contribution < 1.29 is 19.4 Å². The average molecular weight is 317 g/mol. The second kappa shape index (κ2) is 7.31. The Labute approximate surface area is 126 Å². The van der Waals surface area contributed by atoms with E-state index in [0.29, 0.717) is 17.0 Å². The number of carboxylic acids is 1. The van der Waals surface area contributed by atoms with Crippen molar-refractivity contribution >= 4 is 41.2 Å². The van der Waals surface area contributed by atoms with Crippen LogP contribution < -0.4 is 0 Å². The van der Waals surface area contributed by atoms with Crippen molar-refractivity contribution in [3.05, 3.63) is 39.4 Å². The molecule has 0 aliphatic rings. The van der Waals surface area contributed by atoms with Crippen LogP contribution >= 0.6 is 23.2 Å². The Kier molecular flexibility index (Phi) is 6.05. The van der Waals surface area contributed by atoms with Crippen LogP contribution in [-0.4, -0.2) is 23.1 Å². The molecule has 0 heterocycles. The van der Waals surface area contributed by atoms with Crippen LogP contribution in [0.15, 0.2) is 23.8 Å². The fourth-order valence-electron chi connectivity index (χ4n) is 1.31. The number of carbonyl (C=O) groups is 2. The molecular formula is C14H14Cl2O4. The van der Waals surface area contributed by atoms with Gasteiger partial charge in [-0.15, -0.1) is 0 Å². The summed E-state index contributed by atoms with van der Waals surface area (Å²) in [6, 6.07) is 4.56. The van der Waals surface area contributed by atoms with E-state index in [2.05, 4.69) is 0 Å². The van der Waals surface area contributed by atoms with Crippen molar-refractivity contribution in [2.24, 2.45) is 0 Å². The summed E-state index contributed by atoms with van der Waals surface area (Å²) in [5.74, 6) is -2.23. The minimum Gasteiger partial charge on any atom is -0.477 e. The average Bonchev–Trinajstić information content (AvgIpc) is 2.39. The molecule has 4 nitrogen and oxygen atoms in total. The van der Waals surface area contributed by atoms with Gasteiger partial charge in [-0.2, -0.15) is 0 Å². The molecule has 0 saturated heterocycles. The first kappa shape index (κ1) is 16.5. The van der Waals surface area contributed by atoms with Gasteiger partial charge in [0.2, 0.25) is 0 Å². The van der Waals surface area contributed by atoms with Crippen LogP contribution in [0.1, 0.15) is 25.8 Å². The van der Waals surface area contributed by atoms with Crippen molar-refractivity contribution in [2.45, 2.75) is 26.4 Å². The number of halogens is 2. The molecule has 1 rings (SSSR count). The zero-order valence-electron chi connectivity index (χ0n) is 11.0. The van der Waals surface area contributed by atoms with Crippen molar-refractivity contribution in [3.63, 3.8) is 0 Å². The van der Waals surface area contributed by atoms with Crippen molar-refractivity contribution in [1.29, 1.82) is 0 Å². The van der Waals surface area contributed by atoms with Gasteiger partial charge in [0.25, 0.3) is 0 Å². The molecule has 0 aliphatic carbocycles. The predicted molar refractivity (Wildman–Crippen MR) is 77.9 cm³/mol. The highest BCUT2D eigenvalue weighted by Gasteiger charge is 2.20. The highest BCUT2D eigenvalue weighted by molar-refractivity contribution is 6.42. The van der Waals surface area contributed by atoms with Crippen LogP contribution in [0.25, 0.3) is 6.08 Å². The van der Waals surface area contributed by atoms with Crippen LogP contribution in [0.2, 0.25) is 10.0 Å².